The van der Waals surface area contributed by atoms with Gasteiger partial charge in [-0.25, -0.2) is 4.98 Å². The molecule has 0 saturated heterocycles. The summed E-state index contributed by atoms with van der Waals surface area (Å²) in [5.41, 5.74) is 5.52. The summed E-state index contributed by atoms with van der Waals surface area (Å²) in [5, 5.41) is 11.6. The molecule has 9 nitrogen and oxygen atoms in total. The minimum atomic E-state index is -0.157. The van der Waals surface area contributed by atoms with Crippen molar-refractivity contribution >= 4 is 5.84 Å². The van der Waals surface area contributed by atoms with Crippen molar-refractivity contribution < 1.29 is 14.7 Å². The van der Waals surface area contributed by atoms with E-state index in [0.29, 0.717) is 11.8 Å². The van der Waals surface area contributed by atoms with E-state index < -0.39 is 0 Å². The van der Waals surface area contributed by atoms with Crippen molar-refractivity contribution in [3.63, 3.8) is 0 Å². The topological polar surface area (TPSA) is 121 Å². The van der Waals surface area contributed by atoms with Gasteiger partial charge in [0.15, 0.2) is 5.82 Å². The quantitative estimate of drug-likeness (QED) is 0.338. The summed E-state index contributed by atoms with van der Waals surface area (Å²) in [7, 11) is 2.95. The van der Waals surface area contributed by atoms with E-state index in [2.05, 4.69) is 20.1 Å². The number of hydrogen-bond donors (Lipinski definition) is 2. The van der Waals surface area contributed by atoms with Crippen molar-refractivity contribution in [3.8, 4) is 17.7 Å². The summed E-state index contributed by atoms with van der Waals surface area (Å²) in [4.78, 5) is 12.2. The molecule has 2 aromatic rings. The predicted octanol–water partition coefficient (Wildman–Crippen LogP) is -0.226. The first-order chi connectivity index (χ1) is 9.19. The van der Waals surface area contributed by atoms with Crippen LogP contribution in [0.4, 0.5) is 0 Å². The van der Waals surface area contributed by atoms with Gasteiger partial charge in [-0.1, -0.05) is 5.16 Å². The molecule has 0 bridgehead atoms. The smallest absolute Gasteiger partial charge is 0.242 e. The van der Waals surface area contributed by atoms with Gasteiger partial charge in [0.1, 0.15) is 0 Å². The summed E-state index contributed by atoms with van der Waals surface area (Å²) < 4.78 is 11.5. The molecule has 3 N–H and O–H groups in total. The van der Waals surface area contributed by atoms with Crippen molar-refractivity contribution in [3.05, 3.63) is 24.3 Å². The highest BCUT2D eigenvalue weighted by Gasteiger charge is 2.14. The first-order valence-electron chi connectivity index (χ1n) is 5.18. The molecule has 0 spiro atoms. The fourth-order valence-electron chi connectivity index (χ4n) is 1.41. The van der Waals surface area contributed by atoms with Crippen molar-refractivity contribution in [1.29, 1.82) is 0 Å². The van der Waals surface area contributed by atoms with Crippen molar-refractivity contribution in [2.75, 3.05) is 14.2 Å². The van der Waals surface area contributed by atoms with Crippen LogP contribution in [0.1, 0.15) is 5.82 Å². The first kappa shape index (κ1) is 12.6. The maximum absolute atomic E-state index is 8.70. The van der Waals surface area contributed by atoms with Crippen molar-refractivity contribution in [2.45, 2.75) is 0 Å². The van der Waals surface area contributed by atoms with Gasteiger partial charge in [-0.3, -0.25) is 4.57 Å². The third-order valence-corrected chi connectivity index (χ3v) is 2.28. The molecular formula is C10H12N6O3. The monoisotopic (exact) mass is 264 g/mol. The molecule has 0 atom stereocenters. The minimum Gasteiger partial charge on any atom is -0.481 e. The van der Waals surface area contributed by atoms with Crippen LogP contribution in [0.5, 0.6) is 11.8 Å². The van der Waals surface area contributed by atoms with E-state index in [-0.39, 0.29) is 17.6 Å². The Morgan fingerprint density at radius 1 is 1.32 bits per heavy atom. The van der Waals surface area contributed by atoms with Crippen molar-refractivity contribution in [1.82, 2.24) is 19.5 Å². The molecule has 19 heavy (non-hydrogen) atoms. The molecule has 2 heterocycles. The molecule has 0 unspecified atom stereocenters. The maximum atomic E-state index is 8.70. The lowest BCUT2D eigenvalue weighted by Crippen LogP contribution is -2.20. The molecule has 2 rings (SSSR count). The number of rotatable bonds is 4. The lowest BCUT2D eigenvalue weighted by molar-refractivity contribution is 0.318. The molecule has 2 aromatic heterocycles. The second-order valence-electron chi connectivity index (χ2n) is 3.36. The van der Waals surface area contributed by atoms with Crippen LogP contribution in [0.3, 0.4) is 0 Å². The number of amidine groups is 1. The van der Waals surface area contributed by atoms with Gasteiger partial charge >= 0.3 is 0 Å². The van der Waals surface area contributed by atoms with E-state index >= 15 is 0 Å². The highest BCUT2D eigenvalue weighted by atomic mass is 16.5. The third kappa shape index (κ3) is 2.39. The number of methoxy groups -OCH3 is 2. The fourth-order valence-corrected chi connectivity index (χ4v) is 1.41. The van der Waals surface area contributed by atoms with E-state index in [1.807, 2.05) is 0 Å². The number of ether oxygens (including phenoxy) is 2. The number of hydrogen-bond acceptors (Lipinski definition) is 7. The normalized spacial score (nSPS) is 11.4. The summed E-state index contributed by atoms with van der Waals surface area (Å²) in [6, 6.07) is 1.53. The summed E-state index contributed by atoms with van der Waals surface area (Å²) >= 11 is 0. The van der Waals surface area contributed by atoms with Crippen LogP contribution in [-0.4, -0.2) is 44.8 Å². The summed E-state index contributed by atoms with van der Waals surface area (Å²) in [6.45, 7) is 0. The number of oxime groups is 1. The molecule has 0 aliphatic rings. The van der Waals surface area contributed by atoms with Crippen LogP contribution in [0.2, 0.25) is 0 Å². The van der Waals surface area contributed by atoms with Gasteiger partial charge in [-0.2, -0.15) is 9.97 Å². The molecule has 0 aromatic carbocycles. The number of nitrogens with two attached hydrogens (primary N) is 1. The van der Waals surface area contributed by atoms with E-state index in [1.54, 1.807) is 6.20 Å². The van der Waals surface area contributed by atoms with Gasteiger partial charge < -0.3 is 20.4 Å². The van der Waals surface area contributed by atoms with E-state index in [1.165, 1.54) is 31.0 Å². The molecule has 0 amide bonds. The Morgan fingerprint density at radius 2 is 1.95 bits per heavy atom. The maximum Gasteiger partial charge on any atom is 0.242 e. The molecule has 0 aliphatic carbocycles. The van der Waals surface area contributed by atoms with E-state index in [9.17, 15) is 0 Å². The molecule has 0 saturated carbocycles. The summed E-state index contributed by atoms with van der Waals surface area (Å²) in [6.07, 6.45) is 3.05. The van der Waals surface area contributed by atoms with Crippen LogP contribution in [-0.2, 0) is 0 Å². The van der Waals surface area contributed by atoms with Crippen molar-refractivity contribution in [2.24, 2.45) is 10.9 Å². The average Bonchev–Trinajstić information content (AvgIpc) is 2.95. The Morgan fingerprint density at radius 3 is 2.47 bits per heavy atom. The van der Waals surface area contributed by atoms with Gasteiger partial charge in [0, 0.05) is 12.4 Å². The summed E-state index contributed by atoms with van der Waals surface area (Å²) in [5.74, 6) is 0.922. The molecule has 0 aliphatic heterocycles. The highest BCUT2D eigenvalue weighted by Crippen LogP contribution is 2.17. The molecule has 100 valence electrons. The molecular weight excluding hydrogens is 252 g/mol. The van der Waals surface area contributed by atoms with Gasteiger partial charge in [0.05, 0.1) is 20.3 Å². The number of nitrogens with zero attached hydrogens (tertiary/aromatic N) is 5. The second kappa shape index (κ2) is 5.21. The Labute approximate surface area is 108 Å². The van der Waals surface area contributed by atoms with Crippen LogP contribution >= 0.6 is 0 Å². The SMILES string of the molecule is COc1cc(OC)nc(-n2ccnc2/C(N)=N/O)n1. The fraction of sp³-hybridized carbons (Fsp3) is 0.200. The van der Waals surface area contributed by atoms with Crippen LogP contribution in [0.25, 0.3) is 5.95 Å². The zero-order valence-electron chi connectivity index (χ0n) is 10.3. The Kier molecular flexibility index (Phi) is 3.46. The largest absolute Gasteiger partial charge is 0.481 e. The molecule has 0 fully saturated rings. The van der Waals surface area contributed by atoms with E-state index in [4.69, 9.17) is 20.4 Å². The lowest BCUT2D eigenvalue weighted by atomic mass is 10.5. The van der Waals surface area contributed by atoms with Crippen LogP contribution in [0.15, 0.2) is 23.6 Å². The molecule has 9 heteroatoms. The van der Waals surface area contributed by atoms with Gasteiger partial charge in [-0.05, 0) is 0 Å². The predicted molar refractivity (Wildman–Crippen MR) is 64.8 cm³/mol. The third-order valence-electron chi connectivity index (χ3n) is 2.28. The van der Waals surface area contributed by atoms with Gasteiger partial charge in [-0.15, -0.1) is 0 Å². The van der Waals surface area contributed by atoms with Crippen LogP contribution < -0.4 is 15.2 Å². The van der Waals surface area contributed by atoms with Crippen LogP contribution in [0, 0.1) is 0 Å². The Bertz CT molecular complexity index is 587. The molecule has 0 radical (unpaired) electrons. The van der Waals surface area contributed by atoms with Gasteiger partial charge in [0.2, 0.25) is 23.5 Å². The first-order valence-corrected chi connectivity index (χ1v) is 5.18. The van der Waals surface area contributed by atoms with E-state index in [0.717, 1.165) is 0 Å². The minimum absolute atomic E-state index is 0.157. The zero-order valence-corrected chi connectivity index (χ0v) is 10.3. The number of aromatic nitrogens is 4. The average molecular weight is 264 g/mol. The number of imidazole rings is 1. The standard InChI is InChI=1S/C10H12N6O3/c1-18-6-5-7(19-2)14-10(13-6)16-4-3-12-9(16)8(11)15-17/h3-5,17H,1-2H3,(H2,11,15). The highest BCUT2D eigenvalue weighted by molar-refractivity contribution is 5.94. The second-order valence-corrected chi connectivity index (χ2v) is 3.36. The Hall–Kier alpha value is -2.84. The lowest BCUT2D eigenvalue weighted by Gasteiger charge is -2.08. The van der Waals surface area contributed by atoms with Gasteiger partial charge in [0.25, 0.3) is 0 Å². The zero-order chi connectivity index (χ0) is 13.8. The Balaban J connectivity index is 2.55.